The Morgan fingerprint density at radius 2 is 1.52 bits per heavy atom. The zero-order valence-electron chi connectivity index (χ0n) is 13.8. The molecule has 0 saturated carbocycles. The van der Waals surface area contributed by atoms with Crippen molar-refractivity contribution >= 4 is 27.1 Å². The lowest BCUT2D eigenvalue weighted by Gasteiger charge is -2.20. The average Bonchev–Trinajstić information content (AvgIpc) is 2.54. The Morgan fingerprint density at radius 3 is 2.08 bits per heavy atom. The molecule has 0 bridgehead atoms. The number of rotatable bonds is 3. The molecular formula is C17H15N3O4S. The second kappa shape index (κ2) is 5.89. The van der Waals surface area contributed by atoms with Crippen LogP contribution < -0.4 is 5.32 Å². The van der Waals surface area contributed by atoms with E-state index in [0.29, 0.717) is 5.69 Å². The molecule has 8 heteroatoms. The van der Waals surface area contributed by atoms with Gasteiger partial charge in [0, 0.05) is 24.3 Å². The molecule has 1 heterocycles. The van der Waals surface area contributed by atoms with Gasteiger partial charge in [0.15, 0.2) is 9.84 Å². The topological polar surface area (TPSA) is 106 Å². The van der Waals surface area contributed by atoms with Crippen molar-refractivity contribution in [2.75, 3.05) is 11.6 Å². The van der Waals surface area contributed by atoms with Gasteiger partial charge in [0.05, 0.1) is 0 Å². The molecule has 128 valence electrons. The van der Waals surface area contributed by atoms with Crippen molar-refractivity contribution in [2.45, 2.75) is 13.8 Å². The van der Waals surface area contributed by atoms with Crippen LogP contribution >= 0.6 is 0 Å². The minimum Gasteiger partial charge on any atom is -0.351 e. The largest absolute Gasteiger partial charge is 0.351 e. The molecule has 2 aromatic rings. The summed E-state index contributed by atoms with van der Waals surface area (Å²) in [6.45, 7) is 3.82. The van der Waals surface area contributed by atoms with E-state index >= 15 is 0 Å². The zero-order chi connectivity index (χ0) is 18.4. The molecule has 0 fully saturated rings. The van der Waals surface area contributed by atoms with E-state index in [-0.39, 0.29) is 17.1 Å². The minimum absolute atomic E-state index is 0.161. The summed E-state index contributed by atoms with van der Waals surface area (Å²) in [7, 11) is -3.96. The summed E-state index contributed by atoms with van der Waals surface area (Å²) in [5.41, 5.74) is 1.80. The number of sulfone groups is 1. The first-order valence-electron chi connectivity index (χ1n) is 7.39. The van der Waals surface area contributed by atoms with Gasteiger partial charge in [0.25, 0.3) is 0 Å². The number of aryl methyl sites for hydroxylation is 2. The van der Waals surface area contributed by atoms with Crippen LogP contribution in [0.2, 0.25) is 0 Å². The SMILES string of the molecule is Cc1ccc(NC2=C(S(C)(=O)=O)C(=O)c3nccnc3C2=O)cc1C. The monoisotopic (exact) mass is 357 g/mol. The molecule has 1 aromatic heterocycles. The van der Waals surface area contributed by atoms with Gasteiger partial charge in [-0.3, -0.25) is 9.59 Å². The van der Waals surface area contributed by atoms with E-state index in [2.05, 4.69) is 15.3 Å². The summed E-state index contributed by atoms with van der Waals surface area (Å²) < 4.78 is 24.3. The molecule has 3 rings (SSSR count). The molecule has 0 saturated heterocycles. The van der Waals surface area contributed by atoms with Gasteiger partial charge in [-0.1, -0.05) is 6.07 Å². The van der Waals surface area contributed by atoms with Crippen LogP contribution in [0.5, 0.6) is 0 Å². The number of ketones is 2. The third-order valence-electron chi connectivity index (χ3n) is 3.94. The predicted molar refractivity (Wildman–Crippen MR) is 92.1 cm³/mol. The number of allylic oxidation sites excluding steroid dienone is 2. The molecule has 1 aliphatic carbocycles. The fourth-order valence-electron chi connectivity index (χ4n) is 2.54. The highest BCUT2D eigenvalue weighted by atomic mass is 32.2. The van der Waals surface area contributed by atoms with Crippen molar-refractivity contribution in [3.8, 4) is 0 Å². The maximum Gasteiger partial charge on any atom is 0.231 e. The lowest BCUT2D eigenvalue weighted by Crippen LogP contribution is -2.31. The number of nitrogens with one attached hydrogen (secondary N) is 1. The fraction of sp³-hybridized carbons (Fsp3) is 0.176. The van der Waals surface area contributed by atoms with Crippen LogP contribution in [0.4, 0.5) is 5.69 Å². The second-order valence-corrected chi connectivity index (χ2v) is 7.76. The number of nitrogens with zero attached hydrogens (tertiary/aromatic N) is 2. The van der Waals surface area contributed by atoms with Crippen LogP contribution in [0, 0.1) is 13.8 Å². The number of anilines is 1. The number of benzene rings is 1. The maximum atomic E-state index is 12.7. The van der Waals surface area contributed by atoms with Gasteiger partial charge in [-0.25, -0.2) is 18.4 Å². The van der Waals surface area contributed by atoms with Crippen molar-refractivity contribution in [1.82, 2.24) is 9.97 Å². The number of aromatic nitrogens is 2. The van der Waals surface area contributed by atoms with Gasteiger partial charge in [0.1, 0.15) is 22.0 Å². The number of hydrogen-bond donors (Lipinski definition) is 1. The van der Waals surface area contributed by atoms with Gasteiger partial charge in [0.2, 0.25) is 11.6 Å². The highest BCUT2D eigenvalue weighted by molar-refractivity contribution is 7.95. The molecule has 7 nitrogen and oxygen atoms in total. The molecule has 0 atom stereocenters. The van der Waals surface area contributed by atoms with Crippen molar-refractivity contribution in [3.05, 3.63) is 63.7 Å². The van der Waals surface area contributed by atoms with E-state index < -0.39 is 26.3 Å². The minimum atomic E-state index is -3.96. The smallest absolute Gasteiger partial charge is 0.231 e. The van der Waals surface area contributed by atoms with E-state index in [9.17, 15) is 18.0 Å². The molecule has 1 N–H and O–H groups in total. The molecule has 0 unspecified atom stereocenters. The highest BCUT2D eigenvalue weighted by Crippen LogP contribution is 2.28. The van der Waals surface area contributed by atoms with E-state index in [1.807, 2.05) is 19.9 Å². The summed E-state index contributed by atoms with van der Waals surface area (Å²) in [6, 6.07) is 5.31. The Bertz CT molecular complexity index is 1060. The first kappa shape index (κ1) is 17.0. The quantitative estimate of drug-likeness (QED) is 0.893. The third-order valence-corrected chi connectivity index (χ3v) is 5.07. The Labute approximate surface area is 144 Å². The molecule has 0 amide bonds. The van der Waals surface area contributed by atoms with Crippen LogP contribution in [0.15, 0.2) is 41.2 Å². The number of carbonyl (C=O) groups excluding carboxylic acids is 2. The molecule has 1 aromatic carbocycles. The number of hydrogen-bond acceptors (Lipinski definition) is 7. The normalized spacial score (nSPS) is 14.5. The summed E-state index contributed by atoms with van der Waals surface area (Å²) >= 11 is 0. The first-order chi connectivity index (χ1) is 11.7. The Balaban J connectivity index is 2.20. The van der Waals surface area contributed by atoms with E-state index in [1.165, 1.54) is 12.4 Å². The first-order valence-corrected chi connectivity index (χ1v) is 9.28. The highest BCUT2D eigenvalue weighted by Gasteiger charge is 2.39. The third kappa shape index (κ3) is 2.96. The average molecular weight is 357 g/mol. The van der Waals surface area contributed by atoms with Crippen molar-refractivity contribution < 1.29 is 18.0 Å². The van der Waals surface area contributed by atoms with Gasteiger partial charge in [-0.15, -0.1) is 0 Å². The van der Waals surface area contributed by atoms with Gasteiger partial charge < -0.3 is 5.32 Å². The summed E-state index contributed by atoms with van der Waals surface area (Å²) in [4.78, 5) is 32.5. The number of carbonyl (C=O) groups is 2. The van der Waals surface area contributed by atoms with E-state index in [4.69, 9.17) is 0 Å². The number of fused-ring (bicyclic) bond motifs is 1. The zero-order valence-corrected chi connectivity index (χ0v) is 14.6. The Kier molecular flexibility index (Phi) is 4.00. The lowest BCUT2D eigenvalue weighted by molar-refractivity contribution is 0.0974. The summed E-state index contributed by atoms with van der Waals surface area (Å²) in [6.07, 6.45) is 3.41. The van der Waals surface area contributed by atoms with E-state index in [0.717, 1.165) is 17.4 Å². The van der Waals surface area contributed by atoms with Crippen LogP contribution in [0.25, 0.3) is 0 Å². The van der Waals surface area contributed by atoms with Crippen LogP contribution in [-0.2, 0) is 9.84 Å². The van der Waals surface area contributed by atoms with Crippen LogP contribution in [0.1, 0.15) is 32.1 Å². The molecule has 1 aliphatic rings. The van der Waals surface area contributed by atoms with Crippen molar-refractivity contribution in [1.29, 1.82) is 0 Å². The lowest BCUT2D eigenvalue weighted by atomic mass is 10.0. The molecule has 0 radical (unpaired) electrons. The summed E-state index contributed by atoms with van der Waals surface area (Å²) in [5, 5.41) is 2.79. The van der Waals surface area contributed by atoms with E-state index in [1.54, 1.807) is 12.1 Å². The van der Waals surface area contributed by atoms with Crippen molar-refractivity contribution in [3.63, 3.8) is 0 Å². The molecular weight excluding hydrogens is 342 g/mol. The fourth-order valence-corrected chi connectivity index (χ4v) is 3.49. The van der Waals surface area contributed by atoms with Gasteiger partial charge in [-0.2, -0.15) is 0 Å². The Hall–Kier alpha value is -2.87. The molecule has 0 aliphatic heterocycles. The van der Waals surface area contributed by atoms with Crippen molar-refractivity contribution in [2.24, 2.45) is 0 Å². The second-order valence-electron chi connectivity index (χ2n) is 5.81. The Morgan fingerprint density at radius 1 is 0.920 bits per heavy atom. The molecule has 25 heavy (non-hydrogen) atoms. The van der Waals surface area contributed by atoms with Crippen LogP contribution in [0.3, 0.4) is 0 Å². The molecule has 0 spiro atoms. The predicted octanol–water partition coefficient (Wildman–Crippen LogP) is 1.84. The maximum absolute atomic E-state index is 12.7. The standard InChI is InChI=1S/C17H15N3O4S/c1-9-4-5-11(8-10(9)2)20-14-15(21)12-13(19-7-6-18-12)16(22)17(14)25(3,23)24/h4-8,20H,1-3H3. The van der Waals surface area contributed by atoms with Crippen LogP contribution in [-0.4, -0.2) is 36.2 Å². The number of Topliss-reactive ketones (excluding diaryl/α,β-unsaturated/α-hetero) is 2. The summed E-state index contributed by atoms with van der Waals surface area (Å²) in [5.74, 6) is -1.52. The van der Waals surface area contributed by atoms with Gasteiger partial charge in [-0.05, 0) is 37.1 Å². The van der Waals surface area contributed by atoms with Gasteiger partial charge >= 0.3 is 0 Å².